The summed E-state index contributed by atoms with van der Waals surface area (Å²) in [5.74, 6) is 0.798. The Morgan fingerprint density at radius 2 is 1.79 bits per heavy atom. The molecule has 180 valence electrons. The van der Waals surface area contributed by atoms with Gasteiger partial charge in [0, 0.05) is 69.3 Å². The number of piperidine rings is 1. The van der Waals surface area contributed by atoms with Crippen LogP contribution in [0.3, 0.4) is 0 Å². The highest BCUT2D eigenvalue weighted by molar-refractivity contribution is 7.17. The van der Waals surface area contributed by atoms with E-state index < -0.39 is 6.10 Å². The Kier molecular flexibility index (Phi) is 6.57. The van der Waals surface area contributed by atoms with Crippen LogP contribution in [0.25, 0.3) is 21.5 Å². The molecule has 1 atom stereocenters. The maximum Gasteiger partial charge on any atom is 0.251 e. The molecule has 34 heavy (non-hydrogen) atoms. The van der Waals surface area contributed by atoms with Crippen molar-refractivity contribution in [3.8, 4) is 11.3 Å². The fourth-order valence-electron chi connectivity index (χ4n) is 4.59. The van der Waals surface area contributed by atoms with Gasteiger partial charge in [-0.25, -0.2) is 19.9 Å². The van der Waals surface area contributed by atoms with Crippen LogP contribution in [0.4, 0.5) is 11.9 Å². The quantitative estimate of drug-likeness (QED) is 0.559. The summed E-state index contributed by atoms with van der Waals surface area (Å²) in [6.45, 7) is 6.96. The lowest BCUT2D eigenvalue weighted by molar-refractivity contribution is -0.141. The fourth-order valence-corrected chi connectivity index (χ4v) is 5.60. The molecule has 0 spiro atoms. The van der Waals surface area contributed by atoms with Crippen LogP contribution in [0.5, 0.6) is 0 Å². The number of hydrogen-bond acceptors (Lipinski definition) is 10. The second kappa shape index (κ2) is 9.77. The maximum atomic E-state index is 12.1. The summed E-state index contributed by atoms with van der Waals surface area (Å²) >= 11 is 1.64. The Balaban J connectivity index is 1.44. The summed E-state index contributed by atoms with van der Waals surface area (Å²) in [6.07, 6.45) is 6.03. The summed E-state index contributed by atoms with van der Waals surface area (Å²) in [5, 5.41) is 11.8. The molecule has 3 aromatic rings. The number of carbonyl (C=O) groups is 1. The van der Waals surface area contributed by atoms with Crippen molar-refractivity contribution >= 4 is 39.4 Å². The fraction of sp³-hybridized carbons (Fsp3) is 0.522. The molecule has 10 nitrogen and oxygen atoms in total. The van der Waals surface area contributed by atoms with E-state index in [4.69, 9.17) is 15.7 Å². The molecular weight excluding hydrogens is 452 g/mol. The summed E-state index contributed by atoms with van der Waals surface area (Å²) in [5.41, 5.74) is 9.51. The molecule has 0 aliphatic carbocycles. The molecule has 5 rings (SSSR count). The first kappa shape index (κ1) is 22.9. The van der Waals surface area contributed by atoms with Gasteiger partial charge in [0.1, 0.15) is 6.10 Å². The van der Waals surface area contributed by atoms with Crippen LogP contribution in [0, 0.1) is 0 Å². The highest BCUT2D eigenvalue weighted by Crippen LogP contribution is 2.35. The summed E-state index contributed by atoms with van der Waals surface area (Å²) in [4.78, 5) is 36.8. The number of nitrogens with two attached hydrogens (primary N) is 1. The van der Waals surface area contributed by atoms with Crippen LogP contribution in [-0.4, -0.2) is 86.1 Å². The van der Waals surface area contributed by atoms with E-state index in [1.54, 1.807) is 28.6 Å². The van der Waals surface area contributed by atoms with E-state index in [0.29, 0.717) is 13.1 Å². The van der Waals surface area contributed by atoms with Crippen LogP contribution in [0.1, 0.15) is 31.7 Å². The lowest BCUT2D eigenvalue weighted by Gasteiger charge is -2.35. The molecule has 5 heterocycles. The van der Waals surface area contributed by atoms with Crippen molar-refractivity contribution < 1.29 is 9.90 Å². The molecule has 0 radical (unpaired) electrons. The van der Waals surface area contributed by atoms with Crippen LogP contribution >= 0.6 is 11.3 Å². The highest BCUT2D eigenvalue weighted by Gasteiger charge is 2.25. The molecule has 11 heteroatoms. The van der Waals surface area contributed by atoms with Crippen molar-refractivity contribution in [1.29, 1.82) is 0 Å². The molecule has 2 saturated heterocycles. The lowest BCUT2D eigenvalue weighted by atomic mass is 10.1. The van der Waals surface area contributed by atoms with E-state index in [-0.39, 0.29) is 11.9 Å². The van der Waals surface area contributed by atoms with Gasteiger partial charge in [-0.05, 0) is 31.6 Å². The van der Waals surface area contributed by atoms with Crippen LogP contribution < -0.4 is 10.6 Å². The van der Waals surface area contributed by atoms with E-state index in [0.717, 1.165) is 78.6 Å². The number of anilines is 2. The topological polar surface area (TPSA) is 125 Å². The zero-order chi connectivity index (χ0) is 23.7. The van der Waals surface area contributed by atoms with Gasteiger partial charge < -0.3 is 20.6 Å². The second-order valence-corrected chi connectivity index (χ2v) is 9.85. The average Bonchev–Trinajstić information content (AvgIpc) is 3.27. The van der Waals surface area contributed by atoms with E-state index in [1.165, 1.54) is 13.3 Å². The Bertz CT molecular complexity index is 1150. The van der Waals surface area contributed by atoms with Gasteiger partial charge in [0.15, 0.2) is 0 Å². The molecule has 0 unspecified atom stereocenters. The number of aliphatic hydroxyl groups excluding tert-OH is 1. The van der Waals surface area contributed by atoms with E-state index in [1.807, 2.05) is 0 Å². The van der Waals surface area contributed by atoms with Gasteiger partial charge in [-0.2, -0.15) is 0 Å². The first-order chi connectivity index (χ1) is 16.5. The predicted molar refractivity (Wildman–Crippen MR) is 132 cm³/mol. The first-order valence-corrected chi connectivity index (χ1v) is 12.7. The number of rotatable bonds is 5. The molecule has 1 amide bonds. The molecule has 3 aromatic heterocycles. The van der Waals surface area contributed by atoms with Gasteiger partial charge in [-0.3, -0.25) is 9.69 Å². The SMILES string of the molecule is C[C@@H](O)C(=O)N1CCN(Cc2csc3c(-c4cnc(N)nc4)nc(N4CCCCC4)nc23)CC1. The molecule has 0 aromatic carbocycles. The zero-order valence-electron chi connectivity index (χ0n) is 19.4. The Morgan fingerprint density at radius 1 is 1.09 bits per heavy atom. The minimum absolute atomic E-state index is 0.199. The molecule has 0 bridgehead atoms. The number of nitrogens with zero attached hydrogens (tertiary/aromatic N) is 7. The largest absolute Gasteiger partial charge is 0.384 e. The number of aromatic nitrogens is 4. The Hall–Kier alpha value is -2.89. The van der Waals surface area contributed by atoms with Crippen molar-refractivity contribution in [2.45, 2.75) is 38.8 Å². The van der Waals surface area contributed by atoms with Gasteiger partial charge in [-0.1, -0.05) is 0 Å². The Labute approximate surface area is 202 Å². The minimum atomic E-state index is -0.951. The molecule has 2 fully saturated rings. The van der Waals surface area contributed by atoms with Crippen LogP contribution in [0.15, 0.2) is 17.8 Å². The first-order valence-electron chi connectivity index (χ1n) is 11.8. The average molecular weight is 483 g/mol. The zero-order valence-corrected chi connectivity index (χ0v) is 20.2. The van der Waals surface area contributed by atoms with Gasteiger partial charge in [0.05, 0.1) is 15.9 Å². The molecule has 0 saturated carbocycles. The normalized spacial score (nSPS) is 18.4. The third-order valence-corrected chi connectivity index (χ3v) is 7.52. The van der Waals surface area contributed by atoms with E-state index in [9.17, 15) is 9.90 Å². The minimum Gasteiger partial charge on any atom is -0.384 e. The summed E-state index contributed by atoms with van der Waals surface area (Å²) in [6, 6.07) is 0. The third-order valence-electron chi connectivity index (χ3n) is 6.50. The van der Waals surface area contributed by atoms with Crippen LogP contribution in [-0.2, 0) is 11.3 Å². The number of amides is 1. The number of nitrogen functional groups attached to an aromatic ring is 1. The number of thiophene rings is 1. The number of carbonyl (C=O) groups excluding carboxylic acids is 1. The number of aliphatic hydroxyl groups is 1. The van der Waals surface area contributed by atoms with Crippen LogP contribution in [0.2, 0.25) is 0 Å². The third kappa shape index (κ3) is 4.68. The van der Waals surface area contributed by atoms with Crippen molar-refractivity contribution in [3.05, 3.63) is 23.3 Å². The summed E-state index contributed by atoms with van der Waals surface area (Å²) < 4.78 is 1.02. The standard InChI is InChI=1S/C23H30N8O2S/c1-15(32)21(33)30-9-7-29(8-10-30)13-17-14-34-20-18(16-11-25-22(24)26-12-16)27-23(28-19(17)20)31-5-3-2-4-6-31/h11-12,14-15,32H,2-10,13H2,1H3,(H2,24,25,26)/t15-/m1/s1. The predicted octanol–water partition coefficient (Wildman–Crippen LogP) is 1.75. The second-order valence-electron chi connectivity index (χ2n) is 8.97. The molecule has 2 aliphatic heterocycles. The van der Waals surface area contributed by atoms with Gasteiger partial charge in [-0.15, -0.1) is 11.3 Å². The smallest absolute Gasteiger partial charge is 0.251 e. The number of hydrogen-bond donors (Lipinski definition) is 2. The molecule has 3 N–H and O–H groups in total. The Morgan fingerprint density at radius 3 is 2.47 bits per heavy atom. The highest BCUT2D eigenvalue weighted by atomic mass is 32.1. The van der Waals surface area contributed by atoms with Crippen molar-refractivity contribution in [2.24, 2.45) is 0 Å². The summed E-state index contributed by atoms with van der Waals surface area (Å²) in [7, 11) is 0. The van der Waals surface area contributed by atoms with Crippen molar-refractivity contribution in [2.75, 3.05) is 49.9 Å². The lowest BCUT2D eigenvalue weighted by Crippen LogP contribution is -2.50. The number of fused-ring (bicyclic) bond motifs is 1. The monoisotopic (exact) mass is 482 g/mol. The maximum absolute atomic E-state index is 12.1. The van der Waals surface area contributed by atoms with Gasteiger partial charge in [0.25, 0.3) is 5.91 Å². The van der Waals surface area contributed by atoms with E-state index >= 15 is 0 Å². The number of piperazine rings is 1. The van der Waals surface area contributed by atoms with Crippen molar-refractivity contribution in [3.63, 3.8) is 0 Å². The van der Waals surface area contributed by atoms with Gasteiger partial charge in [0.2, 0.25) is 11.9 Å². The van der Waals surface area contributed by atoms with Crippen molar-refractivity contribution in [1.82, 2.24) is 29.7 Å². The van der Waals surface area contributed by atoms with E-state index in [2.05, 4.69) is 25.1 Å². The molecule has 2 aliphatic rings. The molecular formula is C23H30N8O2S. The van der Waals surface area contributed by atoms with Gasteiger partial charge >= 0.3 is 0 Å².